The minimum absolute atomic E-state index is 0. The summed E-state index contributed by atoms with van der Waals surface area (Å²) in [6.07, 6.45) is 2.48. The van der Waals surface area contributed by atoms with E-state index in [0.29, 0.717) is 18.5 Å². The molecule has 0 radical (unpaired) electrons. The molecular formula is C23H28ClN3O2. The first-order chi connectivity index (χ1) is 13.7. The van der Waals surface area contributed by atoms with Crippen molar-refractivity contribution in [1.29, 1.82) is 0 Å². The maximum atomic E-state index is 13.3. The normalized spacial score (nSPS) is 19.2. The van der Waals surface area contributed by atoms with Crippen LogP contribution in [0.5, 0.6) is 0 Å². The van der Waals surface area contributed by atoms with Crippen LogP contribution in [0.1, 0.15) is 47.3 Å². The fraction of sp³-hybridized carbons (Fsp3) is 0.391. The average Bonchev–Trinajstić information content (AvgIpc) is 3.19. The van der Waals surface area contributed by atoms with Gasteiger partial charge in [-0.3, -0.25) is 9.59 Å². The summed E-state index contributed by atoms with van der Waals surface area (Å²) in [5.41, 5.74) is 3.93. The van der Waals surface area contributed by atoms with Crippen molar-refractivity contribution in [3.05, 3.63) is 65.2 Å². The van der Waals surface area contributed by atoms with Gasteiger partial charge in [0.15, 0.2) is 0 Å². The van der Waals surface area contributed by atoms with Crippen molar-refractivity contribution < 1.29 is 9.59 Å². The fourth-order valence-electron chi connectivity index (χ4n) is 4.11. The maximum absolute atomic E-state index is 13.3. The molecule has 6 heteroatoms. The van der Waals surface area contributed by atoms with Crippen molar-refractivity contribution in [3.63, 3.8) is 0 Å². The number of carbonyl (C=O) groups excluding carboxylic acids is 2. The number of benzene rings is 2. The Balaban J connectivity index is 0.00000240. The monoisotopic (exact) mass is 413 g/mol. The number of nitrogens with zero attached hydrogens (tertiary/aromatic N) is 2. The second-order valence-electron chi connectivity index (χ2n) is 7.51. The van der Waals surface area contributed by atoms with E-state index < -0.39 is 0 Å². The second-order valence-corrected chi connectivity index (χ2v) is 7.51. The molecule has 0 aromatic heterocycles. The highest BCUT2D eigenvalue weighted by molar-refractivity contribution is 5.99. The number of halogens is 1. The summed E-state index contributed by atoms with van der Waals surface area (Å²) in [5.74, 6) is 0.167. The minimum atomic E-state index is 0. The van der Waals surface area contributed by atoms with E-state index in [4.69, 9.17) is 0 Å². The number of nitrogens with one attached hydrogen (secondary N) is 1. The van der Waals surface area contributed by atoms with Crippen LogP contribution in [0.4, 0.5) is 5.69 Å². The Morgan fingerprint density at radius 1 is 1.14 bits per heavy atom. The molecule has 0 aliphatic carbocycles. The van der Waals surface area contributed by atoms with Gasteiger partial charge in [0, 0.05) is 43.9 Å². The first-order valence-electron chi connectivity index (χ1n) is 10.2. The van der Waals surface area contributed by atoms with Gasteiger partial charge >= 0.3 is 0 Å². The van der Waals surface area contributed by atoms with Crippen molar-refractivity contribution >= 4 is 29.9 Å². The van der Waals surface area contributed by atoms with Crippen molar-refractivity contribution in [2.75, 3.05) is 31.1 Å². The number of aryl methyl sites for hydroxylation is 1. The van der Waals surface area contributed by atoms with Crippen LogP contribution in [0.25, 0.3) is 0 Å². The third-order valence-corrected chi connectivity index (χ3v) is 5.76. The number of rotatable bonds is 4. The van der Waals surface area contributed by atoms with Crippen molar-refractivity contribution in [3.8, 4) is 0 Å². The van der Waals surface area contributed by atoms with Crippen molar-refractivity contribution in [2.24, 2.45) is 0 Å². The SMILES string of the molecule is CCc1ccc(C2CNCCN2C(=O)c2cccc(N3CCCC3=O)c2)cc1.Cl. The highest BCUT2D eigenvalue weighted by atomic mass is 35.5. The topological polar surface area (TPSA) is 52.7 Å². The highest BCUT2D eigenvalue weighted by Crippen LogP contribution is 2.27. The largest absolute Gasteiger partial charge is 0.329 e. The molecule has 2 aromatic rings. The van der Waals surface area contributed by atoms with Gasteiger partial charge in [0.05, 0.1) is 6.04 Å². The van der Waals surface area contributed by atoms with Crippen molar-refractivity contribution in [2.45, 2.75) is 32.2 Å². The lowest BCUT2D eigenvalue weighted by Crippen LogP contribution is -2.48. The number of carbonyl (C=O) groups is 2. The lowest BCUT2D eigenvalue weighted by atomic mass is 10.00. The summed E-state index contributed by atoms with van der Waals surface area (Å²) < 4.78 is 0. The summed E-state index contributed by atoms with van der Waals surface area (Å²) in [6, 6.07) is 16.1. The van der Waals surface area contributed by atoms with E-state index in [-0.39, 0.29) is 30.3 Å². The first kappa shape index (κ1) is 21.3. The van der Waals surface area contributed by atoms with Gasteiger partial charge < -0.3 is 15.1 Å². The summed E-state index contributed by atoms with van der Waals surface area (Å²) in [6.45, 7) is 5.09. The second kappa shape index (κ2) is 9.42. The number of hydrogen-bond acceptors (Lipinski definition) is 3. The van der Waals surface area contributed by atoms with E-state index in [1.54, 1.807) is 4.90 Å². The van der Waals surface area contributed by atoms with Crippen LogP contribution in [0.15, 0.2) is 48.5 Å². The molecule has 0 bridgehead atoms. The molecule has 2 amide bonds. The van der Waals surface area contributed by atoms with Crippen LogP contribution in [0.3, 0.4) is 0 Å². The Labute approximate surface area is 178 Å². The van der Waals surface area contributed by atoms with Gasteiger partial charge in [-0.25, -0.2) is 0 Å². The molecule has 2 aromatic carbocycles. The maximum Gasteiger partial charge on any atom is 0.254 e. The zero-order chi connectivity index (χ0) is 19.5. The Morgan fingerprint density at radius 2 is 1.93 bits per heavy atom. The van der Waals surface area contributed by atoms with Gasteiger partial charge in [-0.2, -0.15) is 0 Å². The van der Waals surface area contributed by atoms with E-state index in [9.17, 15) is 9.59 Å². The molecule has 2 fully saturated rings. The highest BCUT2D eigenvalue weighted by Gasteiger charge is 2.29. The Bertz CT molecular complexity index is 869. The first-order valence-corrected chi connectivity index (χ1v) is 10.2. The molecule has 2 saturated heterocycles. The molecule has 2 aliphatic heterocycles. The van der Waals surface area contributed by atoms with Crippen LogP contribution >= 0.6 is 12.4 Å². The summed E-state index contributed by atoms with van der Waals surface area (Å²) in [5, 5.41) is 3.41. The molecule has 2 heterocycles. The van der Waals surface area contributed by atoms with Gasteiger partial charge in [-0.15, -0.1) is 12.4 Å². The van der Waals surface area contributed by atoms with Crippen LogP contribution in [0, 0.1) is 0 Å². The summed E-state index contributed by atoms with van der Waals surface area (Å²) in [4.78, 5) is 29.2. The lowest BCUT2D eigenvalue weighted by Gasteiger charge is -2.37. The molecule has 1 unspecified atom stereocenters. The average molecular weight is 414 g/mol. The molecule has 5 nitrogen and oxygen atoms in total. The van der Waals surface area contributed by atoms with Gasteiger partial charge in [0.2, 0.25) is 5.91 Å². The van der Waals surface area contributed by atoms with Crippen LogP contribution < -0.4 is 10.2 Å². The molecule has 4 rings (SSSR count). The zero-order valence-corrected chi connectivity index (χ0v) is 17.6. The van der Waals surface area contributed by atoms with Crippen LogP contribution in [0.2, 0.25) is 0 Å². The molecule has 29 heavy (non-hydrogen) atoms. The molecule has 0 saturated carbocycles. The van der Waals surface area contributed by atoms with E-state index in [1.807, 2.05) is 29.2 Å². The Morgan fingerprint density at radius 3 is 2.62 bits per heavy atom. The van der Waals surface area contributed by atoms with Gasteiger partial charge in [-0.1, -0.05) is 37.3 Å². The molecule has 1 atom stereocenters. The van der Waals surface area contributed by atoms with Gasteiger partial charge in [0.1, 0.15) is 0 Å². The van der Waals surface area contributed by atoms with Crippen molar-refractivity contribution in [1.82, 2.24) is 10.2 Å². The quantitative estimate of drug-likeness (QED) is 0.833. The smallest absolute Gasteiger partial charge is 0.254 e. The van der Waals surface area contributed by atoms with E-state index >= 15 is 0 Å². The number of hydrogen-bond donors (Lipinski definition) is 1. The van der Waals surface area contributed by atoms with Crippen LogP contribution in [-0.4, -0.2) is 42.9 Å². The molecule has 154 valence electrons. The lowest BCUT2D eigenvalue weighted by molar-refractivity contribution is -0.117. The Hall–Kier alpha value is -2.37. The zero-order valence-electron chi connectivity index (χ0n) is 16.8. The third kappa shape index (κ3) is 4.46. The van der Waals surface area contributed by atoms with Crippen LogP contribution in [-0.2, 0) is 11.2 Å². The summed E-state index contributed by atoms with van der Waals surface area (Å²) in [7, 11) is 0. The fourth-order valence-corrected chi connectivity index (χ4v) is 4.11. The third-order valence-electron chi connectivity index (χ3n) is 5.76. The molecular weight excluding hydrogens is 386 g/mol. The van der Waals surface area contributed by atoms with E-state index in [2.05, 4.69) is 36.5 Å². The van der Waals surface area contributed by atoms with Gasteiger partial charge in [-0.05, 0) is 42.2 Å². The molecule has 0 spiro atoms. The summed E-state index contributed by atoms with van der Waals surface area (Å²) >= 11 is 0. The standard InChI is InChI=1S/C23H27N3O2.ClH/c1-2-17-8-10-18(11-9-17)21-16-24-12-14-26(21)23(28)19-5-3-6-20(15-19)25-13-4-7-22(25)27;/h3,5-6,8-11,15,21,24H,2,4,7,12-14,16H2,1H3;1H. The molecule has 2 aliphatic rings. The number of piperazine rings is 1. The predicted molar refractivity (Wildman–Crippen MR) is 118 cm³/mol. The number of anilines is 1. The van der Waals surface area contributed by atoms with E-state index in [0.717, 1.165) is 43.7 Å². The number of amides is 2. The van der Waals surface area contributed by atoms with E-state index in [1.165, 1.54) is 5.56 Å². The Kier molecular flexibility index (Phi) is 6.93. The van der Waals surface area contributed by atoms with Gasteiger partial charge in [0.25, 0.3) is 5.91 Å². The predicted octanol–water partition coefficient (Wildman–Crippen LogP) is 3.58. The molecule has 1 N–H and O–H groups in total. The minimum Gasteiger partial charge on any atom is -0.329 e.